The first-order chi connectivity index (χ1) is 5.38. The van der Waals surface area contributed by atoms with Crippen molar-refractivity contribution in [1.29, 1.82) is 0 Å². The summed E-state index contributed by atoms with van der Waals surface area (Å²) in [5, 5.41) is 2.32. The Morgan fingerprint density at radius 2 is 2.00 bits per heavy atom. The van der Waals surface area contributed by atoms with Gasteiger partial charge in [-0.2, -0.15) is 0 Å². The number of nitrogens with zero attached hydrogens (tertiary/aromatic N) is 1. The van der Waals surface area contributed by atoms with Gasteiger partial charge >= 0.3 is 0 Å². The highest BCUT2D eigenvalue weighted by Crippen LogP contribution is 1.91. The van der Waals surface area contributed by atoms with Gasteiger partial charge in [0.25, 0.3) is 5.36 Å². The van der Waals surface area contributed by atoms with E-state index in [2.05, 4.69) is 18.0 Å². The van der Waals surface area contributed by atoms with Crippen molar-refractivity contribution in [3.8, 4) is 0 Å². The summed E-state index contributed by atoms with van der Waals surface area (Å²) < 4.78 is 0. The zero-order valence-corrected chi connectivity index (χ0v) is 6.41. The number of rotatable bonds is 0. The normalized spacial score (nSPS) is 14.1. The van der Waals surface area contributed by atoms with Crippen LogP contribution in [0.1, 0.15) is 6.92 Å². The van der Waals surface area contributed by atoms with Gasteiger partial charge in [-0.15, -0.1) is 0 Å². The molecule has 0 amide bonds. The van der Waals surface area contributed by atoms with E-state index in [-0.39, 0.29) is 0 Å². The van der Waals surface area contributed by atoms with Crippen molar-refractivity contribution in [3.05, 3.63) is 47.1 Å². The highest BCUT2D eigenvalue weighted by Gasteiger charge is 2.01. The number of allylic oxidation sites excluding steroid dienone is 1. The van der Waals surface area contributed by atoms with Crippen LogP contribution in [0.15, 0.2) is 36.5 Å². The van der Waals surface area contributed by atoms with E-state index in [4.69, 9.17) is 0 Å². The highest BCUT2D eigenvalue weighted by atomic mass is 14.7. The Hall–Kier alpha value is -1.37. The van der Waals surface area contributed by atoms with Gasteiger partial charge in [0.15, 0.2) is 0 Å². The molecule has 0 aliphatic carbocycles. The van der Waals surface area contributed by atoms with Gasteiger partial charge in [-0.05, 0) is 18.6 Å². The summed E-state index contributed by atoms with van der Waals surface area (Å²) in [6.45, 7) is 2.10. The van der Waals surface area contributed by atoms with Crippen molar-refractivity contribution in [3.63, 3.8) is 0 Å². The van der Waals surface area contributed by atoms with Crippen LogP contribution in [0.4, 0.5) is 0 Å². The van der Waals surface area contributed by atoms with Crippen LogP contribution >= 0.6 is 0 Å². The molecule has 1 aromatic carbocycles. The quantitative estimate of drug-likeness (QED) is 0.497. The van der Waals surface area contributed by atoms with E-state index >= 15 is 0 Å². The topological polar surface area (TPSA) is 14.1 Å². The molecular formula is C10H9N+. The summed E-state index contributed by atoms with van der Waals surface area (Å²) in [6, 6.07) is 8.17. The summed E-state index contributed by atoms with van der Waals surface area (Å²) >= 11 is 0. The van der Waals surface area contributed by atoms with E-state index in [1.165, 1.54) is 10.8 Å². The van der Waals surface area contributed by atoms with Crippen LogP contribution in [0.25, 0.3) is 5.57 Å². The lowest BCUT2D eigenvalue weighted by atomic mass is 10.1. The van der Waals surface area contributed by atoms with Crippen molar-refractivity contribution in [1.82, 2.24) is 4.99 Å². The van der Waals surface area contributed by atoms with Crippen LogP contribution in [0, 0.1) is 0 Å². The molecule has 0 bridgehead atoms. The number of hydrogen-bond donors (Lipinski definition) is 0. The standard InChI is InChI=1S/C10H9N/c1-8-6-7-11-10-5-3-2-4-9(8)10/h2-7H,1H3/q+1. The van der Waals surface area contributed by atoms with E-state index in [1.54, 1.807) is 0 Å². The van der Waals surface area contributed by atoms with E-state index in [0.29, 0.717) is 0 Å². The average Bonchev–Trinajstić information content (AvgIpc) is 2.06. The number of hydrogen-bond acceptors (Lipinski definition) is 1. The minimum absolute atomic E-state index is 1.08. The third-order valence-electron chi connectivity index (χ3n) is 1.87. The lowest BCUT2D eigenvalue weighted by molar-refractivity contribution is 1.16. The Bertz CT molecular complexity index is 413. The highest BCUT2D eigenvalue weighted by molar-refractivity contribution is 5.54. The molecule has 2 rings (SSSR count). The fourth-order valence-electron chi connectivity index (χ4n) is 1.24. The van der Waals surface area contributed by atoms with E-state index in [1.807, 2.05) is 30.5 Å². The zero-order valence-electron chi connectivity index (χ0n) is 6.41. The summed E-state index contributed by atoms with van der Waals surface area (Å²) in [5.74, 6) is 0. The molecule has 0 atom stereocenters. The Labute approximate surface area is 65.4 Å². The first-order valence-electron chi connectivity index (χ1n) is 3.68. The molecule has 1 aromatic rings. The summed E-state index contributed by atoms with van der Waals surface area (Å²) in [5.41, 5.74) is 1.29. The Morgan fingerprint density at radius 1 is 1.18 bits per heavy atom. The predicted molar refractivity (Wildman–Crippen MR) is 45.2 cm³/mol. The molecule has 1 heteroatoms. The summed E-state index contributed by atoms with van der Waals surface area (Å²) in [7, 11) is 0. The molecular weight excluding hydrogens is 134 g/mol. The van der Waals surface area contributed by atoms with Crippen molar-refractivity contribution in [2.75, 3.05) is 0 Å². The molecule has 0 saturated heterocycles. The molecule has 0 aromatic heterocycles. The van der Waals surface area contributed by atoms with Gasteiger partial charge < -0.3 is 0 Å². The third kappa shape index (κ3) is 0.984. The molecule has 1 heterocycles. The molecule has 0 N–H and O–H groups in total. The number of para-hydroxylation sites is 1. The molecule has 11 heavy (non-hydrogen) atoms. The van der Waals surface area contributed by atoms with Gasteiger partial charge in [-0.1, -0.05) is 12.1 Å². The SMILES string of the molecule is CC1=c2ccccc2=[N+]C=C1. The van der Waals surface area contributed by atoms with Gasteiger partial charge in [0.2, 0.25) is 6.20 Å². The Morgan fingerprint density at radius 3 is 2.82 bits per heavy atom. The number of fused-ring (bicyclic) bond motifs is 1. The van der Waals surface area contributed by atoms with Crippen molar-refractivity contribution in [2.45, 2.75) is 6.92 Å². The zero-order chi connectivity index (χ0) is 7.68. The second-order valence-corrected chi connectivity index (χ2v) is 2.64. The third-order valence-corrected chi connectivity index (χ3v) is 1.87. The van der Waals surface area contributed by atoms with Gasteiger partial charge in [0.05, 0.1) is 10.2 Å². The molecule has 0 spiro atoms. The minimum Gasteiger partial charge on any atom is -0.0612 e. The van der Waals surface area contributed by atoms with E-state index in [0.717, 1.165) is 5.36 Å². The average molecular weight is 143 g/mol. The Balaban J connectivity index is 2.97. The van der Waals surface area contributed by atoms with Crippen LogP contribution in [0.2, 0.25) is 0 Å². The second kappa shape index (κ2) is 2.35. The maximum atomic E-state index is 4.24. The van der Waals surface area contributed by atoms with Crippen LogP contribution in [-0.4, -0.2) is 0 Å². The maximum absolute atomic E-state index is 4.24. The molecule has 1 nitrogen and oxygen atoms in total. The first-order valence-corrected chi connectivity index (χ1v) is 3.68. The predicted octanol–water partition coefficient (Wildman–Crippen LogP) is 0.340. The Kier molecular flexibility index (Phi) is 1.35. The lowest BCUT2D eigenvalue weighted by Gasteiger charge is -1.89. The molecule has 1 radical (unpaired) electrons. The van der Waals surface area contributed by atoms with Crippen molar-refractivity contribution < 1.29 is 0 Å². The van der Waals surface area contributed by atoms with Crippen molar-refractivity contribution in [2.24, 2.45) is 0 Å². The summed E-state index contributed by atoms with van der Waals surface area (Å²) in [6.07, 6.45) is 3.88. The van der Waals surface area contributed by atoms with Gasteiger partial charge in [0.1, 0.15) is 0 Å². The molecule has 1 aliphatic rings. The lowest BCUT2D eigenvalue weighted by Crippen LogP contribution is -2.31. The first kappa shape index (κ1) is 6.35. The largest absolute Gasteiger partial charge is 0.284 e. The fraction of sp³-hybridized carbons (Fsp3) is 0.100. The van der Waals surface area contributed by atoms with E-state index in [9.17, 15) is 0 Å². The monoisotopic (exact) mass is 143 g/mol. The molecule has 0 saturated carbocycles. The summed E-state index contributed by atoms with van der Waals surface area (Å²) in [4.78, 5) is 4.24. The minimum atomic E-state index is 1.08. The van der Waals surface area contributed by atoms with Gasteiger partial charge in [-0.3, -0.25) is 0 Å². The van der Waals surface area contributed by atoms with Gasteiger partial charge in [0, 0.05) is 12.1 Å². The van der Waals surface area contributed by atoms with Gasteiger partial charge in [-0.25, -0.2) is 0 Å². The van der Waals surface area contributed by atoms with Crippen LogP contribution in [0.5, 0.6) is 0 Å². The molecule has 0 fully saturated rings. The van der Waals surface area contributed by atoms with E-state index < -0.39 is 0 Å². The molecule has 53 valence electrons. The maximum Gasteiger partial charge on any atom is 0.284 e. The molecule has 1 aliphatic heterocycles. The van der Waals surface area contributed by atoms with Crippen LogP contribution < -0.4 is 15.6 Å². The molecule has 0 unspecified atom stereocenters. The smallest absolute Gasteiger partial charge is 0.0612 e. The second-order valence-electron chi connectivity index (χ2n) is 2.64. The van der Waals surface area contributed by atoms with Crippen molar-refractivity contribution >= 4 is 5.57 Å². The van der Waals surface area contributed by atoms with Crippen LogP contribution in [0.3, 0.4) is 0 Å². The fourth-order valence-corrected chi connectivity index (χ4v) is 1.24. The number of benzene rings is 1. The van der Waals surface area contributed by atoms with Crippen LogP contribution in [-0.2, 0) is 0 Å².